The van der Waals surface area contributed by atoms with Gasteiger partial charge in [0.25, 0.3) is 0 Å². The predicted molar refractivity (Wildman–Crippen MR) is 43.1 cm³/mol. The summed E-state index contributed by atoms with van der Waals surface area (Å²) < 4.78 is 0.480. The first-order valence-electron chi connectivity index (χ1n) is 3.62. The van der Waals surface area contributed by atoms with Gasteiger partial charge in [0.1, 0.15) is 12.6 Å². The first-order chi connectivity index (χ1) is 5.24. The molecule has 0 aromatic carbocycles. The van der Waals surface area contributed by atoms with Crippen LogP contribution in [0.4, 0.5) is 0 Å². The number of aliphatic hydroxyl groups is 1. The van der Waals surface area contributed by atoms with Gasteiger partial charge in [-0.1, -0.05) is 6.58 Å². The Morgan fingerprint density at radius 2 is 2.00 bits per heavy atom. The molecule has 0 radical (unpaired) electrons. The molecule has 0 saturated heterocycles. The molecule has 0 amide bonds. The maximum absolute atomic E-state index is 10.2. The predicted octanol–water partition coefficient (Wildman–Crippen LogP) is -1.64. The zero-order valence-corrected chi connectivity index (χ0v) is 7.70. The highest BCUT2D eigenvalue weighted by Gasteiger charge is 2.18. The van der Waals surface area contributed by atoms with E-state index < -0.39 is 12.1 Å². The summed E-state index contributed by atoms with van der Waals surface area (Å²) in [5.41, 5.74) is -0.261. The monoisotopic (exact) mass is 173 g/mol. The van der Waals surface area contributed by atoms with Gasteiger partial charge in [-0.2, -0.15) is 0 Å². The largest absolute Gasteiger partial charge is 0.545 e. The number of carboxylic acid groups (broad SMARTS) is 1. The van der Waals surface area contributed by atoms with Crippen molar-refractivity contribution >= 4 is 5.97 Å². The fraction of sp³-hybridized carbons (Fsp3) is 0.625. The topological polar surface area (TPSA) is 60.4 Å². The fourth-order valence-electron chi connectivity index (χ4n) is 0.765. The highest BCUT2D eigenvalue weighted by atomic mass is 16.4. The number of nitrogens with zero attached hydrogens (tertiary/aromatic N) is 1. The van der Waals surface area contributed by atoms with Gasteiger partial charge in [0.2, 0.25) is 0 Å². The summed E-state index contributed by atoms with van der Waals surface area (Å²) in [6.07, 6.45) is -1.03. The third-order valence-corrected chi connectivity index (χ3v) is 1.39. The van der Waals surface area contributed by atoms with E-state index in [9.17, 15) is 15.0 Å². The van der Waals surface area contributed by atoms with Gasteiger partial charge in [0.15, 0.2) is 0 Å². The van der Waals surface area contributed by atoms with Crippen LogP contribution >= 0.6 is 0 Å². The average Bonchev–Trinajstić information content (AvgIpc) is 1.82. The Morgan fingerprint density at radius 3 is 2.25 bits per heavy atom. The van der Waals surface area contributed by atoms with Crippen LogP contribution in [0.5, 0.6) is 0 Å². The average molecular weight is 173 g/mol. The highest BCUT2D eigenvalue weighted by molar-refractivity contribution is 5.84. The molecule has 0 aliphatic heterocycles. The molecule has 0 aromatic heterocycles. The highest BCUT2D eigenvalue weighted by Crippen LogP contribution is 2.02. The van der Waals surface area contributed by atoms with Crippen LogP contribution in [0.25, 0.3) is 0 Å². The van der Waals surface area contributed by atoms with Crippen molar-refractivity contribution in [2.75, 3.05) is 27.7 Å². The Balaban J connectivity index is 4.14. The molecule has 1 atom stereocenters. The standard InChI is InChI=1S/C8H15NO3/c1-6(8(11)12)7(10)5-9(2,3)4/h7,10H,1,5H2,2-4H3. The lowest BCUT2D eigenvalue weighted by molar-refractivity contribution is -0.872. The second kappa shape index (κ2) is 3.69. The number of likely N-dealkylation sites (N-methyl/N-ethyl adjacent to an activating group) is 1. The van der Waals surface area contributed by atoms with Crippen molar-refractivity contribution in [3.05, 3.63) is 12.2 Å². The van der Waals surface area contributed by atoms with Crippen LogP contribution in [0.2, 0.25) is 0 Å². The van der Waals surface area contributed by atoms with E-state index in [0.717, 1.165) is 0 Å². The summed E-state index contributed by atoms with van der Waals surface area (Å²) in [7, 11) is 5.56. The molecule has 0 saturated carbocycles. The SMILES string of the molecule is C=C(C(=O)[O-])C(O)C[N+](C)(C)C. The molecule has 0 heterocycles. The first kappa shape index (κ1) is 11.1. The summed E-state index contributed by atoms with van der Waals surface area (Å²) >= 11 is 0. The Labute approximate surface area is 72.3 Å². The van der Waals surface area contributed by atoms with E-state index in [-0.39, 0.29) is 5.57 Å². The summed E-state index contributed by atoms with van der Waals surface area (Å²) in [5, 5.41) is 19.5. The van der Waals surface area contributed by atoms with Gasteiger partial charge >= 0.3 is 0 Å². The Bertz CT molecular complexity index is 193. The number of rotatable bonds is 4. The maximum Gasteiger partial charge on any atom is 0.129 e. The van der Waals surface area contributed by atoms with Gasteiger partial charge in [-0.15, -0.1) is 0 Å². The first-order valence-corrected chi connectivity index (χ1v) is 3.62. The molecule has 0 spiro atoms. The molecule has 0 fully saturated rings. The van der Waals surface area contributed by atoms with Crippen molar-refractivity contribution in [1.82, 2.24) is 0 Å². The third-order valence-electron chi connectivity index (χ3n) is 1.39. The Morgan fingerprint density at radius 1 is 1.58 bits per heavy atom. The number of hydrogen-bond acceptors (Lipinski definition) is 3. The number of aliphatic carboxylic acids is 1. The molecule has 0 aliphatic carbocycles. The second-order valence-electron chi connectivity index (χ2n) is 3.80. The van der Waals surface area contributed by atoms with Crippen molar-refractivity contribution in [3.8, 4) is 0 Å². The zero-order valence-electron chi connectivity index (χ0n) is 7.70. The van der Waals surface area contributed by atoms with E-state index in [0.29, 0.717) is 11.0 Å². The van der Waals surface area contributed by atoms with Gasteiger partial charge in [0.05, 0.1) is 27.1 Å². The van der Waals surface area contributed by atoms with Gasteiger partial charge < -0.3 is 19.5 Å². The molecule has 0 aliphatic rings. The zero-order chi connectivity index (χ0) is 9.94. The van der Waals surface area contributed by atoms with E-state index in [1.807, 2.05) is 21.1 Å². The molecule has 1 unspecified atom stereocenters. The van der Waals surface area contributed by atoms with Crippen LogP contribution in [0, 0.1) is 0 Å². The minimum Gasteiger partial charge on any atom is -0.545 e. The van der Waals surface area contributed by atoms with Crippen molar-refractivity contribution in [2.45, 2.75) is 6.10 Å². The van der Waals surface area contributed by atoms with Crippen LogP contribution < -0.4 is 5.11 Å². The van der Waals surface area contributed by atoms with E-state index in [1.54, 1.807) is 0 Å². The molecule has 0 aromatic rings. The number of quaternary nitrogens is 1. The van der Waals surface area contributed by atoms with Gasteiger partial charge in [-0.05, 0) is 0 Å². The summed E-state index contributed by atoms with van der Waals surface area (Å²) in [4.78, 5) is 10.2. The van der Waals surface area contributed by atoms with Crippen molar-refractivity contribution in [1.29, 1.82) is 0 Å². The molecular formula is C8H15NO3. The van der Waals surface area contributed by atoms with Crippen molar-refractivity contribution < 1.29 is 19.5 Å². The van der Waals surface area contributed by atoms with Gasteiger partial charge in [-0.3, -0.25) is 0 Å². The molecule has 0 bridgehead atoms. The number of aliphatic hydroxyl groups excluding tert-OH is 1. The number of carbonyl (C=O) groups is 1. The number of carboxylic acids is 1. The van der Waals surface area contributed by atoms with Crippen LogP contribution in [0.3, 0.4) is 0 Å². The van der Waals surface area contributed by atoms with Crippen molar-refractivity contribution in [2.24, 2.45) is 0 Å². The smallest absolute Gasteiger partial charge is 0.129 e. The van der Waals surface area contributed by atoms with E-state index in [2.05, 4.69) is 6.58 Å². The number of carbonyl (C=O) groups excluding carboxylic acids is 1. The minimum absolute atomic E-state index is 0.261. The van der Waals surface area contributed by atoms with Crippen LogP contribution in [0.15, 0.2) is 12.2 Å². The molecule has 4 heteroatoms. The number of hydrogen-bond donors (Lipinski definition) is 1. The van der Waals surface area contributed by atoms with Crippen LogP contribution in [-0.2, 0) is 4.79 Å². The molecule has 70 valence electrons. The summed E-state index contributed by atoms with van der Waals surface area (Å²) in [6.45, 7) is 3.53. The molecule has 1 N–H and O–H groups in total. The van der Waals surface area contributed by atoms with Crippen LogP contribution in [0.1, 0.15) is 0 Å². The fourth-order valence-corrected chi connectivity index (χ4v) is 0.765. The van der Waals surface area contributed by atoms with Crippen LogP contribution in [-0.4, -0.2) is 49.4 Å². The normalized spacial score (nSPS) is 14.0. The van der Waals surface area contributed by atoms with E-state index in [1.165, 1.54) is 0 Å². The Kier molecular flexibility index (Phi) is 3.42. The van der Waals surface area contributed by atoms with E-state index >= 15 is 0 Å². The second-order valence-corrected chi connectivity index (χ2v) is 3.80. The van der Waals surface area contributed by atoms with Crippen molar-refractivity contribution in [3.63, 3.8) is 0 Å². The molecular weight excluding hydrogens is 158 g/mol. The lowest BCUT2D eigenvalue weighted by Gasteiger charge is -2.27. The molecule has 4 nitrogen and oxygen atoms in total. The lowest BCUT2D eigenvalue weighted by atomic mass is 10.1. The molecule has 0 rings (SSSR count). The Hall–Kier alpha value is -0.870. The summed E-state index contributed by atoms with van der Waals surface area (Å²) in [6, 6.07) is 0. The quantitative estimate of drug-likeness (QED) is 0.410. The summed E-state index contributed by atoms with van der Waals surface area (Å²) in [5.74, 6) is -1.39. The maximum atomic E-state index is 10.2. The molecule has 12 heavy (non-hydrogen) atoms. The lowest BCUT2D eigenvalue weighted by Crippen LogP contribution is -2.44. The minimum atomic E-state index is -1.39. The third kappa shape index (κ3) is 4.10. The van der Waals surface area contributed by atoms with E-state index in [4.69, 9.17) is 0 Å². The van der Waals surface area contributed by atoms with Gasteiger partial charge in [-0.25, -0.2) is 0 Å². The van der Waals surface area contributed by atoms with Gasteiger partial charge in [0, 0.05) is 5.57 Å².